The number of aromatic nitrogens is 1. The number of hydrogen-bond acceptors (Lipinski definition) is 3. The number of fused-ring (bicyclic) bond motifs is 1. The normalized spacial score (nSPS) is 10.6. The molecule has 0 aliphatic heterocycles. The van der Waals surface area contributed by atoms with Gasteiger partial charge in [0, 0.05) is 28.4 Å². The van der Waals surface area contributed by atoms with Gasteiger partial charge in [-0.2, -0.15) is 0 Å². The molecule has 5 nitrogen and oxygen atoms in total. The smallest absolute Gasteiger partial charge is 0.340 e. The van der Waals surface area contributed by atoms with E-state index >= 15 is 0 Å². The molecular formula is C23H18N2O3. The number of amides is 1. The van der Waals surface area contributed by atoms with Crippen molar-refractivity contribution in [3.63, 3.8) is 0 Å². The van der Waals surface area contributed by atoms with E-state index in [4.69, 9.17) is 4.74 Å². The van der Waals surface area contributed by atoms with E-state index in [-0.39, 0.29) is 18.5 Å². The van der Waals surface area contributed by atoms with Crippen LogP contribution in [0.4, 0.5) is 5.69 Å². The van der Waals surface area contributed by atoms with Crippen LogP contribution in [0, 0.1) is 0 Å². The minimum atomic E-state index is -0.386. The van der Waals surface area contributed by atoms with Crippen molar-refractivity contribution in [3.05, 3.63) is 102 Å². The summed E-state index contributed by atoms with van der Waals surface area (Å²) in [5, 5.41) is 3.67. The summed E-state index contributed by atoms with van der Waals surface area (Å²) >= 11 is 0. The first kappa shape index (κ1) is 17.5. The summed E-state index contributed by atoms with van der Waals surface area (Å²) < 4.78 is 5.42. The zero-order valence-electron chi connectivity index (χ0n) is 15.0. The van der Waals surface area contributed by atoms with E-state index < -0.39 is 0 Å². The van der Waals surface area contributed by atoms with E-state index in [1.54, 1.807) is 30.5 Å². The Hall–Kier alpha value is -3.86. The van der Waals surface area contributed by atoms with Crippen molar-refractivity contribution in [3.8, 4) is 0 Å². The summed E-state index contributed by atoms with van der Waals surface area (Å²) in [6, 6.07) is 23.8. The van der Waals surface area contributed by atoms with E-state index in [0.717, 1.165) is 22.2 Å². The molecule has 138 valence electrons. The van der Waals surface area contributed by atoms with Crippen LogP contribution in [-0.4, -0.2) is 16.9 Å². The molecule has 0 saturated heterocycles. The van der Waals surface area contributed by atoms with Gasteiger partial charge in [0.1, 0.15) is 6.61 Å². The van der Waals surface area contributed by atoms with Gasteiger partial charge in [-0.3, -0.25) is 4.79 Å². The molecule has 2 N–H and O–H groups in total. The number of anilines is 1. The quantitative estimate of drug-likeness (QED) is 0.497. The van der Waals surface area contributed by atoms with E-state index in [9.17, 15) is 9.59 Å². The zero-order valence-corrected chi connectivity index (χ0v) is 15.0. The van der Waals surface area contributed by atoms with Gasteiger partial charge in [0.2, 0.25) is 0 Å². The summed E-state index contributed by atoms with van der Waals surface area (Å²) in [6.07, 6.45) is 1.66. The number of hydrogen-bond donors (Lipinski definition) is 2. The van der Waals surface area contributed by atoms with Crippen molar-refractivity contribution in [1.82, 2.24) is 4.98 Å². The number of para-hydroxylation sites is 2. The SMILES string of the molecule is O=C(Nc1ccccc1)c1ccc(COC(=O)c2c[nH]c3ccccc23)cc1. The average molecular weight is 370 g/mol. The van der Waals surface area contributed by atoms with E-state index in [2.05, 4.69) is 10.3 Å². The first-order chi connectivity index (χ1) is 13.7. The van der Waals surface area contributed by atoms with Crippen molar-refractivity contribution in [2.75, 3.05) is 5.32 Å². The fourth-order valence-corrected chi connectivity index (χ4v) is 2.94. The summed E-state index contributed by atoms with van der Waals surface area (Å²) in [5.41, 5.74) is 3.49. The van der Waals surface area contributed by atoms with Crippen LogP contribution in [0.25, 0.3) is 10.9 Å². The molecule has 0 fully saturated rings. The third kappa shape index (κ3) is 3.78. The first-order valence-corrected chi connectivity index (χ1v) is 8.89. The highest BCUT2D eigenvalue weighted by atomic mass is 16.5. The molecule has 1 amide bonds. The zero-order chi connectivity index (χ0) is 19.3. The van der Waals surface area contributed by atoms with Crippen molar-refractivity contribution in [2.24, 2.45) is 0 Å². The number of benzene rings is 3. The molecule has 0 unspecified atom stereocenters. The summed E-state index contributed by atoms with van der Waals surface area (Å²) in [5.74, 6) is -0.572. The number of carbonyl (C=O) groups excluding carboxylic acids is 2. The molecule has 0 aliphatic carbocycles. The lowest BCUT2D eigenvalue weighted by Gasteiger charge is -2.07. The molecule has 0 spiro atoms. The van der Waals surface area contributed by atoms with E-state index in [0.29, 0.717) is 11.1 Å². The molecule has 4 aromatic rings. The third-order valence-electron chi connectivity index (χ3n) is 4.43. The molecule has 0 atom stereocenters. The minimum Gasteiger partial charge on any atom is -0.457 e. The van der Waals surface area contributed by atoms with Gasteiger partial charge >= 0.3 is 5.97 Å². The van der Waals surface area contributed by atoms with Crippen molar-refractivity contribution in [2.45, 2.75) is 6.61 Å². The molecule has 0 aliphatic rings. The standard InChI is InChI=1S/C23H18N2O3/c26-22(25-18-6-2-1-3-7-18)17-12-10-16(11-13-17)15-28-23(27)20-14-24-21-9-5-4-8-19(20)21/h1-14,24H,15H2,(H,25,26). The molecule has 3 aromatic carbocycles. The fourth-order valence-electron chi connectivity index (χ4n) is 2.94. The fraction of sp³-hybridized carbons (Fsp3) is 0.0435. The summed E-state index contributed by atoms with van der Waals surface area (Å²) in [6.45, 7) is 0.138. The predicted octanol–water partition coefficient (Wildman–Crippen LogP) is 4.78. The van der Waals surface area contributed by atoms with Crippen LogP contribution in [0.1, 0.15) is 26.3 Å². The highest BCUT2D eigenvalue weighted by Crippen LogP contribution is 2.19. The Balaban J connectivity index is 1.38. The number of aromatic amines is 1. The maximum atomic E-state index is 12.4. The molecular weight excluding hydrogens is 352 g/mol. The Morgan fingerprint density at radius 3 is 2.36 bits per heavy atom. The van der Waals surface area contributed by atoms with Gasteiger partial charge < -0.3 is 15.0 Å². The topological polar surface area (TPSA) is 71.2 Å². The number of esters is 1. The van der Waals surface area contributed by atoms with Crippen LogP contribution < -0.4 is 5.32 Å². The predicted molar refractivity (Wildman–Crippen MR) is 108 cm³/mol. The van der Waals surface area contributed by atoms with Crippen molar-refractivity contribution >= 4 is 28.5 Å². The average Bonchev–Trinajstić information content (AvgIpc) is 3.17. The minimum absolute atomic E-state index is 0.138. The second kappa shape index (κ2) is 7.80. The summed E-state index contributed by atoms with van der Waals surface area (Å²) in [4.78, 5) is 27.7. The molecule has 0 radical (unpaired) electrons. The maximum Gasteiger partial charge on any atom is 0.340 e. The lowest BCUT2D eigenvalue weighted by atomic mass is 10.1. The number of carbonyl (C=O) groups is 2. The summed E-state index contributed by atoms with van der Waals surface area (Å²) in [7, 11) is 0. The highest BCUT2D eigenvalue weighted by molar-refractivity contribution is 6.04. The van der Waals surface area contributed by atoms with Crippen LogP contribution >= 0.6 is 0 Å². The second-order valence-corrected chi connectivity index (χ2v) is 6.34. The molecule has 5 heteroatoms. The number of H-pyrrole nitrogens is 1. The third-order valence-corrected chi connectivity index (χ3v) is 4.43. The number of rotatable bonds is 5. The molecule has 4 rings (SSSR count). The van der Waals surface area contributed by atoms with Gasteiger partial charge in [-0.25, -0.2) is 4.79 Å². The Kier molecular flexibility index (Phi) is 4.89. The Morgan fingerprint density at radius 2 is 1.57 bits per heavy atom. The van der Waals surface area contributed by atoms with Gasteiger partial charge in [0.15, 0.2) is 0 Å². The molecule has 28 heavy (non-hydrogen) atoms. The Bertz CT molecular complexity index is 1120. The maximum absolute atomic E-state index is 12.4. The molecule has 0 saturated carbocycles. The first-order valence-electron chi connectivity index (χ1n) is 8.89. The van der Waals surface area contributed by atoms with Crippen LogP contribution in [0.2, 0.25) is 0 Å². The van der Waals surface area contributed by atoms with Crippen LogP contribution in [-0.2, 0) is 11.3 Å². The van der Waals surface area contributed by atoms with Gasteiger partial charge in [-0.1, -0.05) is 48.5 Å². The van der Waals surface area contributed by atoms with Gasteiger partial charge in [0.25, 0.3) is 5.91 Å². The van der Waals surface area contributed by atoms with Crippen LogP contribution in [0.3, 0.4) is 0 Å². The molecule has 0 bridgehead atoms. The monoisotopic (exact) mass is 370 g/mol. The number of ether oxygens (including phenoxy) is 1. The van der Waals surface area contributed by atoms with Crippen LogP contribution in [0.5, 0.6) is 0 Å². The molecule has 1 heterocycles. The van der Waals surface area contributed by atoms with Crippen molar-refractivity contribution < 1.29 is 14.3 Å². The largest absolute Gasteiger partial charge is 0.457 e. The van der Waals surface area contributed by atoms with Gasteiger partial charge in [-0.15, -0.1) is 0 Å². The lowest BCUT2D eigenvalue weighted by Crippen LogP contribution is -2.11. The van der Waals surface area contributed by atoms with E-state index in [1.165, 1.54) is 0 Å². The van der Waals surface area contributed by atoms with Gasteiger partial charge in [0.05, 0.1) is 5.56 Å². The van der Waals surface area contributed by atoms with Crippen molar-refractivity contribution in [1.29, 1.82) is 0 Å². The lowest BCUT2D eigenvalue weighted by molar-refractivity contribution is 0.0475. The highest BCUT2D eigenvalue weighted by Gasteiger charge is 2.13. The van der Waals surface area contributed by atoms with E-state index in [1.807, 2.05) is 54.6 Å². The van der Waals surface area contributed by atoms with Gasteiger partial charge in [-0.05, 0) is 35.9 Å². The molecule has 1 aromatic heterocycles. The Morgan fingerprint density at radius 1 is 0.857 bits per heavy atom. The second-order valence-electron chi connectivity index (χ2n) is 6.34. The van der Waals surface area contributed by atoms with Crippen LogP contribution in [0.15, 0.2) is 85.1 Å². The number of nitrogens with one attached hydrogen (secondary N) is 2. The Labute approximate surface area is 162 Å².